The minimum Gasteiger partial charge on any atom is -0.125 e. The summed E-state index contributed by atoms with van der Waals surface area (Å²) < 4.78 is 0. The van der Waals surface area contributed by atoms with Crippen molar-refractivity contribution in [1.29, 1.82) is 0 Å². The fourth-order valence-corrected chi connectivity index (χ4v) is 1.03. The van der Waals surface area contributed by atoms with E-state index in [0.29, 0.717) is 5.88 Å². The molecule has 0 aromatic rings. The molecule has 0 bridgehead atoms. The van der Waals surface area contributed by atoms with Crippen LogP contribution < -0.4 is 0 Å². The van der Waals surface area contributed by atoms with Crippen LogP contribution >= 0.6 is 23.2 Å². The second-order valence-corrected chi connectivity index (χ2v) is 2.72. The highest BCUT2D eigenvalue weighted by Crippen LogP contribution is 2.04. The molecule has 0 aromatic heterocycles. The van der Waals surface area contributed by atoms with Crippen LogP contribution in [-0.2, 0) is 0 Å². The number of alkyl halides is 2. The second-order valence-electron chi connectivity index (χ2n) is 1.29. The molecule has 41 valence electrons. The molecule has 0 aromatic carbocycles. The monoisotopic (exact) mass is 153 g/mol. The van der Waals surface area contributed by atoms with Crippen LogP contribution in [0.2, 0.25) is 6.04 Å². The van der Waals surface area contributed by atoms with Crippen molar-refractivity contribution in [2.75, 3.05) is 5.88 Å². The summed E-state index contributed by atoms with van der Waals surface area (Å²) >= 11 is 11.0. The van der Waals surface area contributed by atoms with Crippen molar-refractivity contribution in [3.63, 3.8) is 0 Å². The third kappa shape index (κ3) is 4.65. The Kier molecular flexibility index (Phi) is 5.51. The van der Waals surface area contributed by atoms with Gasteiger partial charge < -0.3 is 0 Å². The van der Waals surface area contributed by atoms with Gasteiger partial charge in [-0.05, 0) is 6.42 Å². The van der Waals surface area contributed by atoms with Gasteiger partial charge in [0.1, 0.15) is 0 Å². The molecule has 0 amide bonds. The van der Waals surface area contributed by atoms with E-state index in [2.05, 4.69) is 10.2 Å². The van der Waals surface area contributed by atoms with Crippen LogP contribution in [0.25, 0.3) is 0 Å². The van der Waals surface area contributed by atoms with Crippen LogP contribution in [0.3, 0.4) is 0 Å². The molecule has 0 N–H and O–H groups in total. The molecule has 1 atom stereocenters. The van der Waals surface area contributed by atoms with E-state index >= 15 is 0 Å². The van der Waals surface area contributed by atoms with Crippen LogP contribution in [0.4, 0.5) is 0 Å². The predicted molar refractivity (Wildman–Crippen MR) is 35.5 cm³/mol. The van der Waals surface area contributed by atoms with Gasteiger partial charge in [-0.3, -0.25) is 0 Å². The Morgan fingerprint density at radius 3 is 2.29 bits per heavy atom. The first-order chi connectivity index (χ1) is 3.31. The van der Waals surface area contributed by atoms with Gasteiger partial charge >= 0.3 is 0 Å². The van der Waals surface area contributed by atoms with Crippen LogP contribution in [-0.4, -0.2) is 21.5 Å². The maximum absolute atomic E-state index is 5.60. The molecule has 0 aliphatic rings. The van der Waals surface area contributed by atoms with Crippen LogP contribution in [0.5, 0.6) is 0 Å². The molecule has 0 rings (SSSR count). The lowest BCUT2D eigenvalue weighted by Crippen LogP contribution is -1.97. The van der Waals surface area contributed by atoms with Gasteiger partial charge in [0.15, 0.2) is 0 Å². The molecule has 0 aliphatic carbocycles. The molecule has 0 saturated heterocycles. The minimum atomic E-state index is 0.138. The highest BCUT2D eigenvalue weighted by molar-refractivity contribution is 6.28. The van der Waals surface area contributed by atoms with Crippen molar-refractivity contribution in [2.45, 2.75) is 17.8 Å². The molecule has 0 saturated carbocycles. The zero-order valence-corrected chi connectivity index (χ0v) is 6.47. The third-order valence-electron chi connectivity index (χ3n) is 0.625. The first-order valence-electron chi connectivity index (χ1n) is 2.16. The van der Waals surface area contributed by atoms with Gasteiger partial charge in [0, 0.05) is 21.5 Å². The van der Waals surface area contributed by atoms with Crippen molar-refractivity contribution in [2.24, 2.45) is 0 Å². The Labute approximate surface area is 57.6 Å². The fourth-order valence-electron chi connectivity index (χ4n) is 0.234. The SMILES string of the molecule is [Si]CCC(Cl)CCl. The first kappa shape index (κ1) is 7.80. The summed E-state index contributed by atoms with van der Waals surface area (Å²) in [5.74, 6) is 0.548. The Bertz CT molecular complexity index is 40.7. The zero-order chi connectivity index (χ0) is 5.70. The number of rotatable bonds is 3. The molecule has 0 heterocycles. The fraction of sp³-hybridized carbons (Fsp3) is 1.00. The van der Waals surface area contributed by atoms with E-state index in [1.54, 1.807) is 0 Å². The van der Waals surface area contributed by atoms with Gasteiger partial charge in [0.2, 0.25) is 0 Å². The smallest absolute Gasteiger partial charge is 0.0468 e. The van der Waals surface area contributed by atoms with E-state index in [9.17, 15) is 0 Å². The summed E-state index contributed by atoms with van der Waals surface area (Å²) in [5.41, 5.74) is 0. The second kappa shape index (κ2) is 4.94. The molecular weight excluding hydrogens is 147 g/mol. The minimum absolute atomic E-state index is 0.138. The highest BCUT2D eigenvalue weighted by Gasteiger charge is 1.97. The lowest BCUT2D eigenvalue weighted by Gasteiger charge is -1.98. The van der Waals surface area contributed by atoms with Crippen molar-refractivity contribution < 1.29 is 0 Å². The van der Waals surface area contributed by atoms with Crippen LogP contribution in [0.15, 0.2) is 0 Å². The molecule has 0 nitrogen and oxygen atoms in total. The summed E-state index contributed by atoms with van der Waals surface area (Å²) in [4.78, 5) is 0. The van der Waals surface area contributed by atoms with Crippen LogP contribution in [0.1, 0.15) is 6.42 Å². The quantitative estimate of drug-likeness (QED) is 0.429. The predicted octanol–water partition coefficient (Wildman–Crippen LogP) is 1.81. The van der Waals surface area contributed by atoms with Gasteiger partial charge in [-0.25, -0.2) is 0 Å². The van der Waals surface area contributed by atoms with E-state index in [1.165, 1.54) is 0 Å². The van der Waals surface area contributed by atoms with E-state index in [0.717, 1.165) is 12.5 Å². The topological polar surface area (TPSA) is 0 Å². The highest BCUT2D eigenvalue weighted by atomic mass is 35.5. The average molecular weight is 154 g/mol. The van der Waals surface area contributed by atoms with Gasteiger partial charge in [-0.1, -0.05) is 6.04 Å². The maximum Gasteiger partial charge on any atom is 0.0468 e. The summed E-state index contributed by atoms with van der Waals surface area (Å²) in [6.07, 6.45) is 0.946. The lowest BCUT2D eigenvalue weighted by atomic mass is 10.4. The molecular formula is C4H7Cl2Si. The van der Waals surface area contributed by atoms with Gasteiger partial charge in [0.05, 0.1) is 0 Å². The molecule has 7 heavy (non-hydrogen) atoms. The summed E-state index contributed by atoms with van der Waals surface area (Å²) in [7, 11) is 3.29. The number of halogens is 2. The van der Waals surface area contributed by atoms with Crippen molar-refractivity contribution in [1.82, 2.24) is 0 Å². The summed E-state index contributed by atoms with van der Waals surface area (Å²) in [6.45, 7) is 0. The van der Waals surface area contributed by atoms with Crippen molar-refractivity contribution in [3.05, 3.63) is 0 Å². The van der Waals surface area contributed by atoms with Gasteiger partial charge in [-0.15, -0.1) is 23.2 Å². The van der Waals surface area contributed by atoms with E-state index < -0.39 is 0 Å². The van der Waals surface area contributed by atoms with Crippen molar-refractivity contribution in [3.8, 4) is 0 Å². The average Bonchev–Trinajstić information content (AvgIpc) is 1.68. The maximum atomic E-state index is 5.60. The Morgan fingerprint density at radius 2 is 2.14 bits per heavy atom. The Balaban J connectivity index is 2.83. The molecule has 3 heteroatoms. The van der Waals surface area contributed by atoms with Crippen LogP contribution in [0, 0.1) is 0 Å². The third-order valence-corrected chi connectivity index (χ3v) is 1.82. The zero-order valence-electron chi connectivity index (χ0n) is 3.95. The molecule has 1 unspecified atom stereocenters. The van der Waals surface area contributed by atoms with E-state index in [-0.39, 0.29) is 5.38 Å². The molecule has 0 aliphatic heterocycles. The number of hydrogen-bond acceptors (Lipinski definition) is 0. The van der Waals surface area contributed by atoms with E-state index in [1.807, 2.05) is 0 Å². The van der Waals surface area contributed by atoms with Gasteiger partial charge in [-0.2, -0.15) is 0 Å². The molecule has 0 spiro atoms. The first-order valence-corrected chi connectivity index (χ1v) is 3.83. The Hall–Kier alpha value is 0.797. The van der Waals surface area contributed by atoms with E-state index in [4.69, 9.17) is 23.2 Å². The Morgan fingerprint density at radius 1 is 1.57 bits per heavy atom. The largest absolute Gasteiger partial charge is 0.125 e. The molecule has 0 fully saturated rings. The summed E-state index contributed by atoms with van der Waals surface area (Å²) in [5, 5.41) is 0.138. The van der Waals surface area contributed by atoms with Gasteiger partial charge in [0.25, 0.3) is 0 Å². The lowest BCUT2D eigenvalue weighted by molar-refractivity contribution is 0.899. The van der Waals surface area contributed by atoms with Crippen molar-refractivity contribution >= 4 is 33.4 Å². The standard InChI is InChI=1S/C4H7Cl2Si/c5-3-4(6)1-2-7/h4H,1-3H2. The summed E-state index contributed by atoms with van der Waals surface area (Å²) in [6, 6.07) is 0.931. The molecule has 3 radical (unpaired) electrons. The normalized spacial score (nSPS) is 14.1. The number of hydrogen-bond donors (Lipinski definition) is 0.